The summed E-state index contributed by atoms with van der Waals surface area (Å²) in [4.78, 5) is 2.51. The third-order valence-corrected chi connectivity index (χ3v) is 3.47. The molecule has 3 nitrogen and oxygen atoms in total. The maximum atomic E-state index is 9.55. The summed E-state index contributed by atoms with van der Waals surface area (Å²) in [5, 5.41) is 9.55. The van der Waals surface area contributed by atoms with Crippen LogP contribution in [-0.2, 0) is 6.42 Å². The van der Waals surface area contributed by atoms with E-state index in [4.69, 9.17) is 4.74 Å². The third kappa shape index (κ3) is 4.02. The second-order valence-electron chi connectivity index (χ2n) is 5.00. The fraction of sp³-hybridized carbons (Fsp3) is 0.600. The molecule has 0 amide bonds. The Balaban J connectivity index is 0.00000180. The lowest BCUT2D eigenvalue weighted by molar-refractivity contribution is 0.119. The zero-order valence-corrected chi connectivity index (χ0v) is 12.6. The van der Waals surface area contributed by atoms with E-state index in [0.29, 0.717) is 11.8 Å². The van der Waals surface area contributed by atoms with E-state index >= 15 is 0 Å². The second kappa shape index (κ2) is 7.61. The molecule has 1 unspecified atom stereocenters. The number of aromatic hydroxyl groups is 1. The van der Waals surface area contributed by atoms with E-state index < -0.39 is 0 Å². The van der Waals surface area contributed by atoms with Crippen molar-refractivity contribution in [2.45, 2.75) is 39.2 Å². The van der Waals surface area contributed by atoms with E-state index in [1.807, 2.05) is 12.1 Å². The molecule has 0 radical (unpaired) electrons. The van der Waals surface area contributed by atoms with Crippen molar-refractivity contribution in [1.29, 1.82) is 0 Å². The third-order valence-electron chi connectivity index (χ3n) is 3.47. The van der Waals surface area contributed by atoms with E-state index in [2.05, 4.69) is 18.7 Å². The van der Waals surface area contributed by atoms with Crippen LogP contribution in [0.4, 0.5) is 0 Å². The molecular formula is C15H24ClNO2. The molecule has 4 heteroatoms. The number of hydrogen-bond donors (Lipinski definition) is 1. The zero-order chi connectivity index (χ0) is 13.0. The van der Waals surface area contributed by atoms with Crippen molar-refractivity contribution < 1.29 is 9.84 Å². The molecule has 0 fully saturated rings. The largest absolute Gasteiger partial charge is 0.508 e. The highest BCUT2D eigenvalue weighted by atomic mass is 35.5. The SMILES string of the molecule is CCCN(CCC)C1COc2ccc(O)cc2C1.Cl. The molecule has 1 aromatic carbocycles. The number of rotatable bonds is 5. The van der Waals surface area contributed by atoms with Crippen LogP contribution in [0.5, 0.6) is 11.5 Å². The van der Waals surface area contributed by atoms with Crippen LogP contribution in [0.1, 0.15) is 32.3 Å². The number of halogens is 1. The van der Waals surface area contributed by atoms with Crippen molar-refractivity contribution in [3.63, 3.8) is 0 Å². The first-order valence-electron chi connectivity index (χ1n) is 6.93. The number of phenols is 1. The van der Waals surface area contributed by atoms with Gasteiger partial charge in [-0.15, -0.1) is 12.4 Å². The molecule has 0 aromatic heterocycles. The van der Waals surface area contributed by atoms with E-state index in [0.717, 1.165) is 37.4 Å². The molecule has 0 saturated heterocycles. The van der Waals surface area contributed by atoms with Crippen LogP contribution >= 0.6 is 12.4 Å². The molecule has 1 heterocycles. The molecule has 0 saturated carbocycles. The summed E-state index contributed by atoms with van der Waals surface area (Å²) in [5.74, 6) is 1.26. The molecule has 19 heavy (non-hydrogen) atoms. The molecule has 1 aliphatic heterocycles. The highest BCUT2D eigenvalue weighted by Crippen LogP contribution is 2.29. The van der Waals surface area contributed by atoms with Gasteiger partial charge in [-0.05, 0) is 56.1 Å². The van der Waals surface area contributed by atoms with Gasteiger partial charge < -0.3 is 9.84 Å². The Kier molecular flexibility index (Phi) is 6.46. The number of hydrogen-bond acceptors (Lipinski definition) is 3. The maximum absolute atomic E-state index is 9.55. The smallest absolute Gasteiger partial charge is 0.122 e. The second-order valence-corrected chi connectivity index (χ2v) is 5.00. The number of fused-ring (bicyclic) bond motifs is 1. The fourth-order valence-corrected chi connectivity index (χ4v) is 2.65. The summed E-state index contributed by atoms with van der Waals surface area (Å²) in [6, 6.07) is 5.83. The van der Waals surface area contributed by atoms with Crippen LogP contribution < -0.4 is 4.74 Å². The average Bonchev–Trinajstić information content (AvgIpc) is 2.37. The van der Waals surface area contributed by atoms with Gasteiger partial charge in [-0.25, -0.2) is 0 Å². The van der Waals surface area contributed by atoms with Gasteiger partial charge in [0.2, 0.25) is 0 Å². The minimum Gasteiger partial charge on any atom is -0.508 e. The zero-order valence-electron chi connectivity index (χ0n) is 11.8. The molecule has 0 aliphatic carbocycles. The molecular weight excluding hydrogens is 262 g/mol. The monoisotopic (exact) mass is 285 g/mol. The predicted octanol–water partition coefficient (Wildman–Crippen LogP) is 3.24. The van der Waals surface area contributed by atoms with Gasteiger partial charge in [-0.2, -0.15) is 0 Å². The number of phenolic OH excluding ortho intramolecular Hbond substituents is 1. The van der Waals surface area contributed by atoms with Crippen molar-refractivity contribution >= 4 is 12.4 Å². The summed E-state index contributed by atoms with van der Waals surface area (Å²) < 4.78 is 5.81. The van der Waals surface area contributed by atoms with Crippen LogP contribution in [0.3, 0.4) is 0 Å². The normalized spacial score (nSPS) is 17.5. The Bertz CT molecular complexity index is 392. The first kappa shape index (κ1) is 16.1. The fourth-order valence-electron chi connectivity index (χ4n) is 2.65. The average molecular weight is 286 g/mol. The molecule has 0 bridgehead atoms. The van der Waals surface area contributed by atoms with Crippen LogP contribution in [-0.4, -0.2) is 35.7 Å². The summed E-state index contributed by atoms with van der Waals surface area (Å²) in [5.41, 5.74) is 1.13. The van der Waals surface area contributed by atoms with Gasteiger partial charge in [-0.3, -0.25) is 4.90 Å². The topological polar surface area (TPSA) is 32.7 Å². The van der Waals surface area contributed by atoms with Gasteiger partial charge in [0, 0.05) is 6.04 Å². The molecule has 1 aliphatic rings. The first-order chi connectivity index (χ1) is 8.74. The van der Waals surface area contributed by atoms with E-state index in [1.54, 1.807) is 6.07 Å². The first-order valence-corrected chi connectivity index (χ1v) is 6.93. The Labute approximate surface area is 122 Å². The van der Waals surface area contributed by atoms with E-state index in [-0.39, 0.29) is 12.4 Å². The lowest BCUT2D eigenvalue weighted by atomic mass is 10.0. The summed E-state index contributed by atoms with van der Waals surface area (Å²) >= 11 is 0. The standard InChI is InChI=1S/C15H23NO2.ClH/c1-3-7-16(8-4-2)13-9-12-10-14(17)5-6-15(12)18-11-13;/h5-6,10,13,17H,3-4,7-9,11H2,1-2H3;1H. The van der Waals surface area contributed by atoms with Crippen molar-refractivity contribution in [3.8, 4) is 11.5 Å². The number of benzene rings is 1. The van der Waals surface area contributed by atoms with Gasteiger partial charge in [0.25, 0.3) is 0 Å². The van der Waals surface area contributed by atoms with Crippen LogP contribution in [0.2, 0.25) is 0 Å². The van der Waals surface area contributed by atoms with Crippen LogP contribution in [0, 0.1) is 0 Å². The molecule has 1 N–H and O–H groups in total. The molecule has 1 aromatic rings. The molecule has 108 valence electrons. The summed E-state index contributed by atoms with van der Waals surface area (Å²) in [6.45, 7) is 7.43. The number of nitrogens with zero attached hydrogens (tertiary/aromatic N) is 1. The Morgan fingerprint density at radius 3 is 2.58 bits per heavy atom. The van der Waals surface area contributed by atoms with Crippen molar-refractivity contribution in [2.75, 3.05) is 19.7 Å². The minimum absolute atomic E-state index is 0. The summed E-state index contributed by atoms with van der Waals surface area (Å²) in [6.07, 6.45) is 3.32. The summed E-state index contributed by atoms with van der Waals surface area (Å²) in [7, 11) is 0. The Hall–Kier alpha value is -0.930. The van der Waals surface area contributed by atoms with Gasteiger partial charge in [-0.1, -0.05) is 13.8 Å². The highest BCUT2D eigenvalue weighted by molar-refractivity contribution is 5.85. The predicted molar refractivity (Wildman–Crippen MR) is 80.5 cm³/mol. The van der Waals surface area contributed by atoms with E-state index in [1.165, 1.54) is 12.8 Å². The van der Waals surface area contributed by atoms with Crippen molar-refractivity contribution in [3.05, 3.63) is 23.8 Å². The van der Waals surface area contributed by atoms with Crippen LogP contribution in [0.15, 0.2) is 18.2 Å². The van der Waals surface area contributed by atoms with Gasteiger partial charge in [0.15, 0.2) is 0 Å². The van der Waals surface area contributed by atoms with Gasteiger partial charge in [0.05, 0.1) is 0 Å². The Morgan fingerprint density at radius 2 is 1.95 bits per heavy atom. The van der Waals surface area contributed by atoms with Gasteiger partial charge >= 0.3 is 0 Å². The number of ether oxygens (including phenoxy) is 1. The van der Waals surface area contributed by atoms with Crippen molar-refractivity contribution in [1.82, 2.24) is 4.90 Å². The van der Waals surface area contributed by atoms with E-state index in [9.17, 15) is 5.11 Å². The lowest BCUT2D eigenvalue weighted by Gasteiger charge is -2.34. The molecule has 2 rings (SSSR count). The molecule has 1 atom stereocenters. The van der Waals surface area contributed by atoms with Crippen LogP contribution in [0.25, 0.3) is 0 Å². The highest BCUT2D eigenvalue weighted by Gasteiger charge is 2.24. The minimum atomic E-state index is 0. The van der Waals surface area contributed by atoms with Gasteiger partial charge in [0.1, 0.15) is 18.1 Å². The quantitative estimate of drug-likeness (QED) is 0.901. The Morgan fingerprint density at radius 1 is 1.26 bits per heavy atom. The molecule has 0 spiro atoms. The maximum Gasteiger partial charge on any atom is 0.122 e. The van der Waals surface area contributed by atoms with Crippen molar-refractivity contribution in [2.24, 2.45) is 0 Å². The lowest BCUT2D eigenvalue weighted by Crippen LogP contribution is -2.43.